The molecule has 21 heavy (non-hydrogen) atoms. The van der Waals surface area contributed by atoms with Crippen LogP contribution in [0.2, 0.25) is 0 Å². The summed E-state index contributed by atoms with van der Waals surface area (Å²) in [5.74, 6) is 0.437. The number of nitrogens with one attached hydrogen (secondary N) is 3. The predicted octanol–water partition coefficient (Wildman–Crippen LogP) is 0.686. The van der Waals surface area contributed by atoms with E-state index in [0.29, 0.717) is 25.0 Å². The van der Waals surface area contributed by atoms with Crippen LogP contribution in [0.15, 0.2) is 0 Å². The van der Waals surface area contributed by atoms with Gasteiger partial charge in [0.25, 0.3) is 0 Å². The molecule has 0 spiro atoms. The molecule has 3 amide bonds. The van der Waals surface area contributed by atoms with Gasteiger partial charge in [-0.1, -0.05) is 6.92 Å². The molecule has 2 unspecified atom stereocenters. The van der Waals surface area contributed by atoms with Crippen molar-refractivity contribution >= 4 is 11.9 Å². The first-order chi connectivity index (χ1) is 10.2. The molecule has 2 heterocycles. The first-order valence-corrected chi connectivity index (χ1v) is 8.22. The van der Waals surface area contributed by atoms with E-state index in [2.05, 4.69) is 20.9 Å². The Labute approximate surface area is 127 Å². The Hall–Kier alpha value is -1.14. The molecule has 6 heteroatoms. The van der Waals surface area contributed by atoms with Gasteiger partial charge in [0, 0.05) is 19.1 Å². The van der Waals surface area contributed by atoms with Crippen molar-refractivity contribution in [3.63, 3.8) is 0 Å². The molecule has 2 atom stereocenters. The minimum atomic E-state index is -0.382. The van der Waals surface area contributed by atoms with E-state index in [1.54, 1.807) is 0 Å². The highest BCUT2D eigenvalue weighted by Crippen LogP contribution is 2.24. The topological polar surface area (TPSA) is 73.5 Å². The Morgan fingerprint density at radius 3 is 2.86 bits per heavy atom. The van der Waals surface area contributed by atoms with Gasteiger partial charge in [0.2, 0.25) is 5.91 Å². The summed E-state index contributed by atoms with van der Waals surface area (Å²) in [5.41, 5.74) is 0. The van der Waals surface area contributed by atoms with E-state index in [1.807, 2.05) is 6.92 Å². The van der Waals surface area contributed by atoms with Gasteiger partial charge in [-0.3, -0.25) is 15.0 Å². The standard InChI is InChI=1S/C15H28N4O2/c1-2-7-17-15(21)18-14(20)11-19-9-4-5-12(10-19)13-6-3-8-16-13/h12-13,16H,2-11H2,1H3,(H2,17,18,20,21). The molecular weight excluding hydrogens is 268 g/mol. The summed E-state index contributed by atoms with van der Waals surface area (Å²) in [4.78, 5) is 25.5. The van der Waals surface area contributed by atoms with E-state index >= 15 is 0 Å². The van der Waals surface area contributed by atoms with E-state index in [-0.39, 0.29) is 11.9 Å². The zero-order chi connectivity index (χ0) is 15.1. The summed E-state index contributed by atoms with van der Waals surface area (Å²) in [6.07, 6.45) is 5.76. The first-order valence-electron chi connectivity index (χ1n) is 8.22. The van der Waals surface area contributed by atoms with Gasteiger partial charge in [0.05, 0.1) is 6.54 Å². The Morgan fingerprint density at radius 2 is 2.14 bits per heavy atom. The number of nitrogens with zero attached hydrogens (tertiary/aromatic N) is 1. The van der Waals surface area contributed by atoms with Crippen molar-refractivity contribution in [3.05, 3.63) is 0 Å². The summed E-state index contributed by atoms with van der Waals surface area (Å²) in [6.45, 7) is 5.93. The first kappa shape index (κ1) is 16.2. The van der Waals surface area contributed by atoms with Crippen LogP contribution in [0.25, 0.3) is 0 Å². The molecule has 120 valence electrons. The van der Waals surface area contributed by atoms with Crippen LogP contribution in [0, 0.1) is 5.92 Å². The fourth-order valence-electron chi connectivity index (χ4n) is 3.33. The number of imide groups is 1. The third-order valence-electron chi connectivity index (χ3n) is 4.37. The van der Waals surface area contributed by atoms with Crippen molar-refractivity contribution in [1.29, 1.82) is 0 Å². The highest BCUT2D eigenvalue weighted by molar-refractivity contribution is 5.95. The molecule has 0 saturated carbocycles. The molecular formula is C15H28N4O2. The summed E-state index contributed by atoms with van der Waals surface area (Å²) >= 11 is 0. The molecule has 0 aliphatic carbocycles. The minimum Gasteiger partial charge on any atom is -0.338 e. The Kier molecular flexibility index (Phi) is 6.45. The van der Waals surface area contributed by atoms with Crippen molar-refractivity contribution in [2.75, 3.05) is 32.7 Å². The van der Waals surface area contributed by atoms with Crippen molar-refractivity contribution in [2.24, 2.45) is 5.92 Å². The maximum absolute atomic E-state index is 11.9. The molecule has 6 nitrogen and oxygen atoms in total. The number of rotatable bonds is 5. The molecule has 0 bridgehead atoms. The highest BCUT2D eigenvalue weighted by Gasteiger charge is 2.29. The highest BCUT2D eigenvalue weighted by atomic mass is 16.2. The van der Waals surface area contributed by atoms with Crippen LogP contribution >= 0.6 is 0 Å². The molecule has 2 rings (SSSR count). The average Bonchev–Trinajstić information content (AvgIpc) is 2.99. The van der Waals surface area contributed by atoms with Crippen LogP contribution in [0.3, 0.4) is 0 Å². The summed E-state index contributed by atoms with van der Waals surface area (Å²) < 4.78 is 0. The van der Waals surface area contributed by atoms with Gasteiger partial charge in [0.1, 0.15) is 0 Å². The maximum Gasteiger partial charge on any atom is 0.321 e. The third kappa shape index (κ3) is 5.28. The van der Waals surface area contributed by atoms with Crippen LogP contribution in [0.4, 0.5) is 4.79 Å². The van der Waals surface area contributed by atoms with E-state index in [0.717, 1.165) is 32.5 Å². The van der Waals surface area contributed by atoms with E-state index in [9.17, 15) is 9.59 Å². The Balaban J connectivity index is 1.71. The van der Waals surface area contributed by atoms with Crippen LogP contribution in [-0.4, -0.2) is 55.6 Å². The number of amides is 3. The molecule has 3 N–H and O–H groups in total. The second-order valence-corrected chi connectivity index (χ2v) is 6.14. The molecule has 0 aromatic rings. The zero-order valence-electron chi connectivity index (χ0n) is 13.0. The fraction of sp³-hybridized carbons (Fsp3) is 0.867. The lowest BCUT2D eigenvalue weighted by Crippen LogP contribution is -2.49. The van der Waals surface area contributed by atoms with Gasteiger partial charge in [-0.15, -0.1) is 0 Å². The van der Waals surface area contributed by atoms with Crippen molar-refractivity contribution in [3.8, 4) is 0 Å². The number of likely N-dealkylation sites (tertiary alicyclic amines) is 1. The lowest BCUT2D eigenvalue weighted by molar-refractivity contribution is -0.121. The van der Waals surface area contributed by atoms with E-state index in [4.69, 9.17) is 0 Å². The van der Waals surface area contributed by atoms with Gasteiger partial charge in [-0.2, -0.15) is 0 Å². The number of carbonyl (C=O) groups is 2. The smallest absolute Gasteiger partial charge is 0.321 e. The van der Waals surface area contributed by atoms with Crippen molar-refractivity contribution in [2.45, 2.75) is 45.1 Å². The molecule has 2 fully saturated rings. The quantitative estimate of drug-likeness (QED) is 0.698. The normalized spacial score (nSPS) is 26.5. The van der Waals surface area contributed by atoms with Gasteiger partial charge in [0.15, 0.2) is 0 Å². The van der Waals surface area contributed by atoms with Crippen LogP contribution in [0.1, 0.15) is 39.0 Å². The van der Waals surface area contributed by atoms with E-state index < -0.39 is 0 Å². The molecule has 0 radical (unpaired) electrons. The monoisotopic (exact) mass is 296 g/mol. The predicted molar refractivity (Wildman–Crippen MR) is 82.0 cm³/mol. The zero-order valence-corrected chi connectivity index (χ0v) is 13.0. The number of hydrogen-bond donors (Lipinski definition) is 3. The van der Waals surface area contributed by atoms with Gasteiger partial charge in [-0.05, 0) is 51.1 Å². The molecule has 0 aromatic heterocycles. The average molecular weight is 296 g/mol. The SMILES string of the molecule is CCCNC(=O)NC(=O)CN1CCCC(C2CCCN2)C1. The van der Waals surface area contributed by atoms with Crippen molar-refractivity contribution in [1.82, 2.24) is 20.9 Å². The van der Waals surface area contributed by atoms with Crippen molar-refractivity contribution < 1.29 is 9.59 Å². The van der Waals surface area contributed by atoms with Gasteiger partial charge < -0.3 is 10.6 Å². The van der Waals surface area contributed by atoms with E-state index in [1.165, 1.54) is 19.3 Å². The van der Waals surface area contributed by atoms with Crippen LogP contribution in [0.5, 0.6) is 0 Å². The summed E-state index contributed by atoms with van der Waals surface area (Å²) in [5, 5.41) is 8.62. The molecule has 2 saturated heterocycles. The largest absolute Gasteiger partial charge is 0.338 e. The van der Waals surface area contributed by atoms with Gasteiger partial charge in [-0.25, -0.2) is 4.79 Å². The molecule has 0 aromatic carbocycles. The second kappa shape index (κ2) is 8.34. The fourth-order valence-corrected chi connectivity index (χ4v) is 3.33. The number of hydrogen-bond acceptors (Lipinski definition) is 4. The van der Waals surface area contributed by atoms with Crippen LogP contribution < -0.4 is 16.0 Å². The lowest BCUT2D eigenvalue weighted by atomic mass is 9.90. The van der Waals surface area contributed by atoms with Crippen LogP contribution in [-0.2, 0) is 4.79 Å². The number of urea groups is 1. The maximum atomic E-state index is 11.9. The molecule has 2 aliphatic heterocycles. The minimum absolute atomic E-state index is 0.205. The van der Waals surface area contributed by atoms with Gasteiger partial charge >= 0.3 is 6.03 Å². The summed E-state index contributed by atoms with van der Waals surface area (Å²) in [6, 6.07) is 0.233. The molecule has 2 aliphatic rings. The summed E-state index contributed by atoms with van der Waals surface area (Å²) in [7, 11) is 0. The Bertz CT molecular complexity index is 356. The number of carbonyl (C=O) groups excluding carboxylic acids is 2. The number of piperidine rings is 1. The Morgan fingerprint density at radius 1 is 1.29 bits per heavy atom. The second-order valence-electron chi connectivity index (χ2n) is 6.14. The third-order valence-corrected chi connectivity index (χ3v) is 4.37. The lowest BCUT2D eigenvalue weighted by Gasteiger charge is -2.35.